The molecule has 0 radical (unpaired) electrons. The Hall–Kier alpha value is -3.10. The van der Waals surface area contributed by atoms with E-state index in [4.69, 9.17) is 0 Å². The molecule has 32 heavy (non-hydrogen) atoms. The van der Waals surface area contributed by atoms with E-state index in [0.29, 0.717) is 0 Å². The van der Waals surface area contributed by atoms with Crippen LogP contribution in [0.4, 0.5) is 0 Å². The zero-order valence-corrected chi connectivity index (χ0v) is 19.8. The lowest BCUT2D eigenvalue weighted by Gasteiger charge is -2.16. The Balaban J connectivity index is 1.20. The second kappa shape index (κ2) is 10.0. The highest BCUT2D eigenvalue weighted by atomic mass is 28.3. The molecule has 0 aliphatic rings. The Bertz CT molecular complexity index is 1180. The van der Waals surface area contributed by atoms with E-state index < -0.39 is 8.80 Å². The van der Waals surface area contributed by atoms with Crippen LogP contribution in [-0.2, 0) is 6.54 Å². The fourth-order valence-electron chi connectivity index (χ4n) is 5.11. The molecule has 5 aromatic rings. The second-order valence-electron chi connectivity index (χ2n) is 8.76. The summed E-state index contributed by atoms with van der Waals surface area (Å²) in [6.07, 6.45) is 5.19. The summed E-state index contributed by atoms with van der Waals surface area (Å²) in [7, 11) is -1.12. The summed E-state index contributed by atoms with van der Waals surface area (Å²) >= 11 is 0. The Morgan fingerprint density at radius 1 is 0.469 bits per heavy atom. The summed E-state index contributed by atoms with van der Waals surface area (Å²) in [6.45, 7) is 1.10. The van der Waals surface area contributed by atoms with Gasteiger partial charge in [-0.25, -0.2) is 0 Å². The monoisotopic (exact) mass is 433 g/mol. The molecule has 1 heterocycles. The fraction of sp³-hybridized carbons (Fsp3) is 0.200. The van der Waals surface area contributed by atoms with Crippen LogP contribution < -0.4 is 10.4 Å². The molecule has 0 aliphatic heterocycles. The van der Waals surface area contributed by atoms with Crippen molar-refractivity contribution in [1.82, 2.24) is 4.57 Å². The number of aromatic nitrogens is 1. The van der Waals surface area contributed by atoms with Crippen molar-refractivity contribution in [2.45, 2.75) is 38.3 Å². The number of aryl methyl sites for hydroxylation is 1. The Labute approximate surface area is 192 Å². The first-order valence-corrected chi connectivity index (χ1v) is 13.9. The van der Waals surface area contributed by atoms with Gasteiger partial charge in [-0.2, -0.15) is 0 Å². The molecule has 0 unspecified atom stereocenters. The van der Waals surface area contributed by atoms with Crippen LogP contribution in [-0.4, -0.2) is 13.4 Å². The lowest BCUT2D eigenvalue weighted by atomic mass is 10.2. The summed E-state index contributed by atoms with van der Waals surface area (Å²) in [5.41, 5.74) is 2.74. The van der Waals surface area contributed by atoms with Crippen molar-refractivity contribution >= 4 is 41.0 Å². The molecule has 0 atom stereocenters. The number of hydrogen-bond acceptors (Lipinski definition) is 0. The van der Waals surface area contributed by atoms with E-state index in [0.717, 1.165) is 6.54 Å². The molecule has 0 saturated heterocycles. The van der Waals surface area contributed by atoms with Gasteiger partial charge in [-0.15, -0.1) is 0 Å². The van der Waals surface area contributed by atoms with Crippen LogP contribution in [0.25, 0.3) is 21.8 Å². The normalized spacial score (nSPS) is 11.5. The second-order valence-corrected chi connectivity index (χ2v) is 11.8. The van der Waals surface area contributed by atoms with Gasteiger partial charge in [0, 0.05) is 28.4 Å². The average Bonchev–Trinajstić information content (AvgIpc) is 3.18. The van der Waals surface area contributed by atoms with E-state index in [9.17, 15) is 0 Å². The van der Waals surface area contributed by atoms with Gasteiger partial charge >= 0.3 is 0 Å². The van der Waals surface area contributed by atoms with Crippen LogP contribution in [0.15, 0.2) is 109 Å². The van der Waals surface area contributed by atoms with E-state index in [1.165, 1.54) is 53.5 Å². The van der Waals surface area contributed by atoms with Gasteiger partial charge < -0.3 is 4.57 Å². The fourth-order valence-corrected chi connectivity index (χ4v) is 8.23. The Morgan fingerprint density at radius 2 is 0.938 bits per heavy atom. The standard InChI is InChI=1S/C30H31NSi/c1(2-14-24-32(25-15-5-3-6-16-25)26-17-7-4-8-18-26)13-23-31-29-21-11-9-19-27(29)28-20-10-12-22-30(28)31/h3-12,15-22,32H,1-2,13-14,23-24H2. The molecule has 160 valence electrons. The number of rotatable bonds is 9. The van der Waals surface area contributed by atoms with Crippen LogP contribution in [0, 0.1) is 0 Å². The topological polar surface area (TPSA) is 4.93 Å². The SMILES string of the molecule is c1ccc([SiH](CCCCCCn2c3ccccc3c3ccccc32)c2ccccc2)cc1. The van der Waals surface area contributed by atoms with Crippen LogP contribution in [0.3, 0.4) is 0 Å². The highest BCUT2D eigenvalue weighted by molar-refractivity contribution is 6.85. The summed E-state index contributed by atoms with van der Waals surface area (Å²) in [4.78, 5) is 0. The molecule has 0 amide bonds. The molecule has 1 nitrogen and oxygen atoms in total. The molecule has 0 aliphatic carbocycles. The maximum absolute atomic E-state index is 2.52. The third-order valence-corrected chi connectivity index (χ3v) is 10.1. The third kappa shape index (κ3) is 4.42. The number of unbranched alkanes of at least 4 members (excludes halogenated alkanes) is 3. The molecule has 0 fully saturated rings. The molecule has 0 bridgehead atoms. The number of fused-ring (bicyclic) bond motifs is 3. The summed E-state index contributed by atoms with van der Waals surface area (Å²) in [6, 6.07) is 41.4. The summed E-state index contributed by atoms with van der Waals surface area (Å²) in [5, 5.41) is 5.90. The third-order valence-electron chi connectivity index (χ3n) is 6.71. The molecule has 0 saturated carbocycles. The van der Waals surface area contributed by atoms with Gasteiger partial charge in [0.05, 0.1) is 0 Å². The Morgan fingerprint density at radius 3 is 1.50 bits per heavy atom. The van der Waals surface area contributed by atoms with E-state index in [2.05, 4.69) is 114 Å². The highest BCUT2D eigenvalue weighted by Crippen LogP contribution is 2.29. The zero-order valence-electron chi connectivity index (χ0n) is 18.7. The van der Waals surface area contributed by atoms with Crippen molar-refractivity contribution in [3.8, 4) is 0 Å². The lowest BCUT2D eigenvalue weighted by molar-refractivity contribution is 0.601. The van der Waals surface area contributed by atoms with Gasteiger partial charge in [0.15, 0.2) is 0 Å². The molecular weight excluding hydrogens is 402 g/mol. The summed E-state index contributed by atoms with van der Waals surface area (Å²) < 4.78 is 2.52. The number of nitrogens with zero attached hydrogens (tertiary/aromatic N) is 1. The smallest absolute Gasteiger partial charge is 0.103 e. The highest BCUT2D eigenvalue weighted by Gasteiger charge is 2.15. The van der Waals surface area contributed by atoms with Crippen molar-refractivity contribution < 1.29 is 0 Å². The maximum atomic E-state index is 2.52. The van der Waals surface area contributed by atoms with Gasteiger partial charge in [0.1, 0.15) is 8.80 Å². The minimum absolute atomic E-state index is 1.10. The van der Waals surface area contributed by atoms with Crippen LogP contribution >= 0.6 is 0 Å². The Kier molecular flexibility index (Phi) is 6.50. The number of hydrogen-bond donors (Lipinski definition) is 0. The quantitative estimate of drug-likeness (QED) is 0.187. The van der Waals surface area contributed by atoms with Gasteiger partial charge in [-0.1, -0.05) is 133 Å². The number of para-hydroxylation sites is 2. The van der Waals surface area contributed by atoms with Gasteiger partial charge in [0.25, 0.3) is 0 Å². The largest absolute Gasteiger partial charge is 0.340 e. The first kappa shape index (κ1) is 20.8. The molecule has 4 aromatic carbocycles. The van der Waals surface area contributed by atoms with Crippen molar-refractivity contribution in [2.24, 2.45) is 0 Å². The predicted molar refractivity (Wildman–Crippen MR) is 142 cm³/mol. The van der Waals surface area contributed by atoms with Gasteiger partial charge in [-0.05, 0) is 18.6 Å². The molecular formula is C30H31NSi. The molecule has 0 N–H and O–H groups in total. The molecule has 0 spiro atoms. The van der Waals surface area contributed by atoms with Gasteiger partial charge in [-0.3, -0.25) is 0 Å². The predicted octanol–water partition coefficient (Wildman–Crippen LogP) is 6.40. The van der Waals surface area contributed by atoms with Crippen LogP contribution in [0.5, 0.6) is 0 Å². The van der Waals surface area contributed by atoms with E-state index >= 15 is 0 Å². The van der Waals surface area contributed by atoms with Crippen molar-refractivity contribution in [3.63, 3.8) is 0 Å². The molecule has 1 aromatic heterocycles. The first-order chi connectivity index (χ1) is 15.9. The van der Waals surface area contributed by atoms with Crippen molar-refractivity contribution in [2.75, 3.05) is 0 Å². The minimum Gasteiger partial charge on any atom is -0.340 e. The first-order valence-electron chi connectivity index (χ1n) is 12.0. The van der Waals surface area contributed by atoms with E-state index in [-0.39, 0.29) is 0 Å². The van der Waals surface area contributed by atoms with Crippen molar-refractivity contribution in [3.05, 3.63) is 109 Å². The molecule has 2 heteroatoms. The summed E-state index contributed by atoms with van der Waals surface area (Å²) in [5.74, 6) is 0. The van der Waals surface area contributed by atoms with Crippen molar-refractivity contribution in [1.29, 1.82) is 0 Å². The minimum atomic E-state index is -1.12. The van der Waals surface area contributed by atoms with Gasteiger partial charge in [0.2, 0.25) is 0 Å². The maximum Gasteiger partial charge on any atom is 0.103 e. The van der Waals surface area contributed by atoms with E-state index in [1.54, 1.807) is 10.4 Å². The van der Waals surface area contributed by atoms with Crippen LogP contribution in [0.2, 0.25) is 6.04 Å². The zero-order chi connectivity index (χ0) is 21.6. The van der Waals surface area contributed by atoms with Crippen LogP contribution in [0.1, 0.15) is 25.7 Å². The molecule has 5 rings (SSSR count). The lowest BCUT2D eigenvalue weighted by Crippen LogP contribution is -2.41. The van der Waals surface area contributed by atoms with E-state index in [1.807, 2.05) is 0 Å². The number of benzene rings is 4. The average molecular weight is 434 g/mol.